The van der Waals surface area contributed by atoms with Crippen molar-refractivity contribution in [3.05, 3.63) is 65.2 Å². The fourth-order valence-electron chi connectivity index (χ4n) is 3.23. The van der Waals surface area contributed by atoms with E-state index in [0.717, 1.165) is 10.8 Å². The number of hydrogen-bond donors (Lipinski definition) is 1. The molecule has 0 radical (unpaired) electrons. The van der Waals surface area contributed by atoms with Crippen molar-refractivity contribution in [2.75, 3.05) is 12.3 Å². The first-order valence-corrected chi connectivity index (χ1v) is 9.36. The van der Waals surface area contributed by atoms with E-state index < -0.39 is 11.9 Å². The summed E-state index contributed by atoms with van der Waals surface area (Å²) in [5.74, 6) is -0.518. The van der Waals surface area contributed by atoms with Gasteiger partial charge in [0, 0.05) is 0 Å². The van der Waals surface area contributed by atoms with E-state index in [1.807, 2.05) is 30.3 Å². The van der Waals surface area contributed by atoms with Gasteiger partial charge in [0.15, 0.2) is 12.4 Å². The summed E-state index contributed by atoms with van der Waals surface area (Å²) in [7, 11) is 0. The van der Waals surface area contributed by atoms with E-state index in [9.17, 15) is 9.59 Å². The Balaban J connectivity index is 1.56. The van der Waals surface area contributed by atoms with Gasteiger partial charge in [-0.1, -0.05) is 30.3 Å². The number of furan rings is 1. The van der Waals surface area contributed by atoms with Crippen LogP contribution in [-0.4, -0.2) is 28.5 Å². The monoisotopic (exact) mass is 405 g/mol. The average Bonchev–Trinajstić information content (AvgIpc) is 3.08. The third kappa shape index (κ3) is 3.55. The number of nitrogens with zero attached hydrogens (tertiary/aromatic N) is 2. The summed E-state index contributed by atoms with van der Waals surface area (Å²) in [4.78, 5) is 33.0. The lowest BCUT2D eigenvalue weighted by molar-refractivity contribution is 0.0461. The number of esters is 2. The van der Waals surface area contributed by atoms with Crippen molar-refractivity contribution in [3.8, 4) is 0 Å². The number of nitrogens with two attached hydrogens (primary N) is 1. The van der Waals surface area contributed by atoms with E-state index >= 15 is 0 Å². The zero-order valence-corrected chi connectivity index (χ0v) is 16.5. The number of anilines is 1. The largest absolute Gasteiger partial charge is 0.462 e. The number of aromatic nitrogens is 2. The van der Waals surface area contributed by atoms with Crippen LogP contribution in [0.3, 0.4) is 0 Å². The SMILES string of the molecule is CCOC(=O)c1c(C)oc2nc(COC(=O)c3ccc4ccccc4c3)nc(N)c12. The normalized spacial score (nSPS) is 11.0. The summed E-state index contributed by atoms with van der Waals surface area (Å²) in [6.07, 6.45) is 0. The van der Waals surface area contributed by atoms with Gasteiger partial charge in [0.25, 0.3) is 0 Å². The predicted molar refractivity (Wildman–Crippen MR) is 110 cm³/mol. The van der Waals surface area contributed by atoms with Crippen LogP contribution in [0, 0.1) is 6.92 Å². The number of fused-ring (bicyclic) bond motifs is 2. The first-order chi connectivity index (χ1) is 14.5. The molecule has 0 atom stereocenters. The van der Waals surface area contributed by atoms with E-state index in [1.165, 1.54) is 0 Å². The Morgan fingerprint density at radius 2 is 1.80 bits per heavy atom. The molecule has 0 aliphatic rings. The highest BCUT2D eigenvalue weighted by atomic mass is 16.5. The minimum Gasteiger partial charge on any atom is -0.462 e. The molecule has 2 aromatic heterocycles. The highest BCUT2D eigenvalue weighted by Gasteiger charge is 2.24. The number of rotatable bonds is 5. The highest BCUT2D eigenvalue weighted by molar-refractivity contribution is 6.07. The van der Waals surface area contributed by atoms with Gasteiger partial charge in [0.2, 0.25) is 5.71 Å². The Hall–Kier alpha value is -3.94. The highest BCUT2D eigenvalue weighted by Crippen LogP contribution is 2.29. The molecular formula is C22H19N3O5. The van der Waals surface area contributed by atoms with E-state index in [-0.39, 0.29) is 41.5 Å². The summed E-state index contributed by atoms with van der Waals surface area (Å²) in [5.41, 5.74) is 6.78. The minimum atomic E-state index is -0.556. The van der Waals surface area contributed by atoms with Gasteiger partial charge in [0.05, 0.1) is 17.6 Å². The molecule has 0 aliphatic carbocycles. The summed E-state index contributed by atoms with van der Waals surface area (Å²) in [5, 5.41) is 2.25. The van der Waals surface area contributed by atoms with Crippen molar-refractivity contribution >= 4 is 39.6 Å². The van der Waals surface area contributed by atoms with Crippen LogP contribution in [0.25, 0.3) is 21.9 Å². The van der Waals surface area contributed by atoms with Crippen LogP contribution >= 0.6 is 0 Å². The molecule has 0 fully saturated rings. The Kier molecular flexibility index (Phi) is 5.05. The number of nitrogen functional groups attached to an aromatic ring is 1. The fourth-order valence-corrected chi connectivity index (χ4v) is 3.23. The number of benzene rings is 2. The van der Waals surface area contributed by atoms with E-state index in [2.05, 4.69) is 9.97 Å². The second kappa shape index (κ2) is 7.82. The predicted octanol–water partition coefficient (Wildman–Crippen LogP) is 3.80. The van der Waals surface area contributed by atoms with Crippen molar-refractivity contribution in [1.82, 2.24) is 9.97 Å². The first-order valence-electron chi connectivity index (χ1n) is 9.36. The van der Waals surface area contributed by atoms with Crippen molar-refractivity contribution in [3.63, 3.8) is 0 Å². The first kappa shape index (κ1) is 19.4. The van der Waals surface area contributed by atoms with Crippen molar-refractivity contribution in [1.29, 1.82) is 0 Å². The lowest BCUT2D eigenvalue weighted by atomic mass is 10.1. The fraction of sp³-hybridized carbons (Fsp3) is 0.182. The molecule has 0 saturated carbocycles. The molecule has 2 heterocycles. The molecule has 152 valence electrons. The molecule has 0 saturated heterocycles. The van der Waals surface area contributed by atoms with Crippen LogP contribution in [-0.2, 0) is 16.1 Å². The van der Waals surface area contributed by atoms with Crippen LogP contribution < -0.4 is 5.73 Å². The molecule has 2 N–H and O–H groups in total. The molecule has 0 spiro atoms. The van der Waals surface area contributed by atoms with Crippen LogP contribution in [0.15, 0.2) is 46.9 Å². The van der Waals surface area contributed by atoms with Crippen LogP contribution in [0.2, 0.25) is 0 Å². The molecule has 30 heavy (non-hydrogen) atoms. The maximum Gasteiger partial charge on any atom is 0.342 e. The molecule has 0 aliphatic heterocycles. The van der Waals surface area contributed by atoms with Crippen molar-refractivity contribution < 1.29 is 23.5 Å². The van der Waals surface area contributed by atoms with Gasteiger partial charge in [0.1, 0.15) is 17.1 Å². The Labute approximate surface area is 171 Å². The maximum atomic E-state index is 12.4. The third-order valence-electron chi connectivity index (χ3n) is 4.60. The zero-order valence-electron chi connectivity index (χ0n) is 16.5. The number of ether oxygens (including phenoxy) is 2. The quantitative estimate of drug-likeness (QED) is 0.498. The molecule has 0 unspecified atom stereocenters. The number of carbonyl (C=O) groups excluding carboxylic acids is 2. The van der Waals surface area contributed by atoms with E-state index in [4.69, 9.17) is 19.6 Å². The molecule has 4 rings (SSSR count). The van der Waals surface area contributed by atoms with Crippen molar-refractivity contribution in [2.24, 2.45) is 0 Å². The topological polar surface area (TPSA) is 118 Å². The van der Waals surface area contributed by atoms with E-state index in [0.29, 0.717) is 11.3 Å². The molecule has 4 aromatic rings. The van der Waals surface area contributed by atoms with Crippen LogP contribution in [0.4, 0.5) is 5.82 Å². The summed E-state index contributed by atoms with van der Waals surface area (Å²) < 4.78 is 15.9. The average molecular weight is 405 g/mol. The Morgan fingerprint density at radius 3 is 2.57 bits per heavy atom. The standard InChI is InChI=1S/C22H19N3O5/c1-3-28-22(27)17-12(2)30-20-18(17)19(23)24-16(25-20)11-29-21(26)15-9-8-13-6-4-5-7-14(13)10-15/h4-10H,3,11H2,1-2H3,(H2,23,24,25). The van der Waals surface area contributed by atoms with Gasteiger partial charge in [-0.15, -0.1) is 0 Å². The third-order valence-corrected chi connectivity index (χ3v) is 4.60. The molecule has 2 aromatic carbocycles. The van der Waals surface area contributed by atoms with Crippen LogP contribution in [0.1, 0.15) is 39.2 Å². The minimum absolute atomic E-state index is 0.0525. The maximum absolute atomic E-state index is 12.4. The van der Waals surface area contributed by atoms with Crippen molar-refractivity contribution in [2.45, 2.75) is 20.5 Å². The van der Waals surface area contributed by atoms with E-state index in [1.54, 1.807) is 26.0 Å². The smallest absolute Gasteiger partial charge is 0.342 e. The second-order valence-corrected chi connectivity index (χ2v) is 6.60. The molecule has 0 bridgehead atoms. The molecular weight excluding hydrogens is 386 g/mol. The van der Waals surface area contributed by atoms with Crippen LogP contribution in [0.5, 0.6) is 0 Å². The molecule has 8 nitrogen and oxygen atoms in total. The van der Waals surface area contributed by atoms with Gasteiger partial charge in [-0.05, 0) is 36.8 Å². The number of hydrogen-bond acceptors (Lipinski definition) is 8. The molecule has 8 heteroatoms. The Bertz CT molecular complexity index is 1280. The second-order valence-electron chi connectivity index (χ2n) is 6.60. The zero-order chi connectivity index (χ0) is 21.3. The number of aryl methyl sites for hydroxylation is 1. The molecule has 0 amide bonds. The lowest BCUT2D eigenvalue weighted by Crippen LogP contribution is -2.10. The number of carbonyl (C=O) groups is 2. The summed E-state index contributed by atoms with van der Waals surface area (Å²) in [6.45, 7) is 3.35. The Morgan fingerprint density at radius 1 is 1.03 bits per heavy atom. The van der Waals surface area contributed by atoms with Gasteiger partial charge in [-0.25, -0.2) is 14.6 Å². The van der Waals surface area contributed by atoms with Gasteiger partial charge in [-0.2, -0.15) is 4.98 Å². The lowest BCUT2D eigenvalue weighted by Gasteiger charge is -2.06. The van der Waals surface area contributed by atoms with Gasteiger partial charge < -0.3 is 19.6 Å². The van der Waals surface area contributed by atoms with Gasteiger partial charge in [-0.3, -0.25) is 0 Å². The van der Waals surface area contributed by atoms with Gasteiger partial charge >= 0.3 is 11.9 Å². The summed E-state index contributed by atoms with van der Waals surface area (Å²) >= 11 is 0. The summed E-state index contributed by atoms with van der Waals surface area (Å²) in [6, 6.07) is 13.0.